The minimum Gasteiger partial charge on any atom is -0.355 e. The molecule has 2 atom stereocenters. The first-order valence-electron chi connectivity index (χ1n) is 7.54. The second-order valence-corrected chi connectivity index (χ2v) is 5.52. The van der Waals surface area contributed by atoms with Crippen LogP contribution in [-0.4, -0.2) is 34.5 Å². The summed E-state index contributed by atoms with van der Waals surface area (Å²) in [6.07, 6.45) is 1.12. The molecule has 4 N–H and O–H groups in total. The van der Waals surface area contributed by atoms with Gasteiger partial charge < -0.3 is 10.3 Å². The van der Waals surface area contributed by atoms with Crippen LogP contribution in [0.15, 0.2) is 51.1 Å². The lowest BCUT2D eigenvalue weighted by Gasteiger charge is -2.15. The zero-order valence-electron chi connectivity index (χ0n) is 13.0. The first-order chi connectivity index (χ1) is 12.0. The molecule has 1 aromatic heterocycles. The van der Waals surface area contributed by atoms with Gasteiger partial charge in [0.05, 0.1) is 11.9 Å². The lowest BCUT2D eigenvalue weighted by molar-refractivity contribution is -0.133. The van der Waals surface area contributed by atoms with E-state index in [2.05, 4.69) is 20.8 Å². The average molecular weight is 341 g/mol. The zero-order valence-corrected chi connectivity index (χ0v) is 13.0. The number of hydrogen-bond acceptors (Lipinski definition) is 5. The Morgan fingerprint density at radius 1 is 1.16 bits per heavy atom. The number of carbonyl (C=O) groups excluding carboxylic acids is 2. The maximum absolute atomic E-state index is 12.3. The molecule has 3 rings (SSSR count). The molecule has 0 saturated carbocycles. The minimum absolute atomic E-state index is 0.129. The summed E-state index contributed by atoms with van der Waals surface area (Å²) in [7, 11) is 0. The Balaban J connectivity index is 1.73. The molecule has 2 amide bonds. The highest BCUT2D eigenvalue weighted by atomic mass is 16.2. The minimum atomic E-state index is -0.905. The van der Waals surface area contributed by atoms with Gasteiger partial charge in [-0.2, -0.15) is 5.10 Å². The molecule has 128 valence electrons. The van der Waals surface area contributed by atoms with Gasteiger partial charge in [-0.3, -0.25) is 19.4 Å². The second kappa shape index (κ2) is 6.95. The maximum atomic E-state index is 12.3. The summed E-state index contributed by atoms with van der Waals surface area (Å²) in [5.74, 6) is -2.13. The number of amides is 2. The predicted molar refractivity (Wildman–Crippen MR) is 89.1 cm³/mol. The van der Waals surface area contributed by atoms with Crippen molar-refractivity contribution in [2.24, 2.45) is 11.0 Å². The van der Waals surface area contributed by atoms with Crippen molar-refractivity contribution in [3.63, 3.8) is 0 Å². The Labute approximate surface area is 141 Å². The Morgan fingerprint density at radius 2 is 1.92 bits per heavy atom. The van der Waals surface area contributed by atoms with Crippen molar-refractivity contribution in [3.8, 4) is 0 Å². The van der Waals surface area contributed by atoms with E-state index in [1.54, 1.807) is 0 Å². The quantitative estimate of drug-likeness (QED) is 0.323. The van der Waals surface area contributed by atoms with Gasteiger partial charge >= 0.3 is 5.69 Å². The van der Waals surface area contributed by atoms with Crippen LogP contribution in [0.25, 0.3) is 0 Å². The molecular weight excluding hydrogens is 326 g/mol. The van der Waals surface area contributed by atoms with Gasteiger partial charge in [-0.15, -0.1) is 0 Å². The molecule has 9 heteroatoms. The topological polar surface area (TPSA) is 136 Å². The van der Waals surface area contributed by atoms with Gasteiger partial charge in [-0.05, 0) is 5.56 Å². The molecule has 1 aliphatic rings. The van der Waals surface area contributed by atoms with Gasteiger partial charge in [0.25, 0.3) is 11.5 Å². The van der Waals surface area contributed by atoms with Crippen LogP contribution in [0.3, 0.4) is 0 Å². The highest BCUT2D eigenvalue weighted by Crippen LogP contribution is 2.28. The van der Waals surface area contributed by atoms with Crippen molar-refractivity contribution in [3.05, 3.63) is 68.5 Å². The van der Waals surface area contributed by atoms with E-state index in [0.29, 0.717) is 6.54 Å². The molecule has 0 unspecified atom stereocenters. The molecule has 0 spiro atoms. The van der Waals surface area contributed by atoms with Crippen molar-refractivity contribution in [2.45, 2.75) is 5.92 Å². The zero-order chi connectivity index (χ0) is 17.8. The summed E-state index contributed by atoms with van der Waals surface area (Å²) in [5.41, 5.74) is 2.02. The van der Waals surface area contributed by atoms with Crippen molar-refractivity contribution < 1.29 is 9.59 Å². The molecule has 9 nitrogen and oxygen atoms in total. The van der Waals surface area contributed by atoms with E-state index in [1.807, 2.05) is 35.3 Å². The molecule has 0 bridgehead atoms. The predicted octanol–water partition coefficient (Wildman–Crippen LogP) is -0.957. The van der Waals surface area contributed by atoms with Crippen LogP contribution < -0.4 is 22.0 Å². The summed E-state index contributed by atoms with van der Waals surface area (Å²) in [4.78, 5) is 51.0. The van der Waals surface area contributed by atoms with Gasteiger partial charge in [0.15, 0.2) is 0 Å². The normalized spacial score (nSPS) is 19.8. The highest BCUT2D eigenvalue weighted by Gasteiger charge is 2.40. The molecule has 2 heterocycles. The fourth-order valence-electron chi connectivity index (χ4n) is 2.73. The van der Waals surface area contributed by atoms with E-state index in [-0.39, 0.29) is 17.5 Å². The third-order valence-electron chi connectivity index (χ3n) is 3.85. The molecular formula is C16H15N5O4. The van der Waals surface area contributed by atoms with Crippen molar-refractivity contribution in [1.29, 1.82) is 0 Å². The van der Waals surface area contributed by atoms with Crippen molar-refractivity contribution in [2.75, 3.05) is 6.54 Å². The van der Waals surface area contributed by atoms with Crippen LogP contribution in [0.1, 0.15) is 17.2 Å². The number of hydrogen-bond donors (Lipinski definition) is 4. The fraction of sp³-hybridized carbons (Fsp3) is 0.188. The van der Waals surface area contributed by atoms with Crippen LogP contribution in [0.4, 0.5) is 0 Å². The van der Waals surface area contributed by atoms with Crippen molar-refractivity contribution in [1.82, 2.24) is 20.7 Å². The lowest BCUT2D eigenvalue weighted by Crippen LogP contribution is -2.34. The largest absolute Gasteiger partial charge is 0.355 e. The SMILES string of the molecule is O=C1NC[C@H](c2ccccc2)[C@@H]1C(=O)N/N=C\c1cc(=O)[nH]c(=O)[nH]1. The summed E-state index contributed by atoms with van der Waals surface area (Å²) in [5, 5.41) is 6.38. The molecule has 0 aliphatic carbocycles. The first-order valence-corrected chi connectivity index (χ1v) is 7.54. The average Bonchev–Trinajstić information content (AvgIpc) is 2.96. The van der Waals surface area contributed by atoms with E-state index in [9.17, 15) is 19.2 Å². The first kappa shape index (κ1) is 16.4. The van der Waals surface area contributed by atoms with Crippen LogP contribution in [0.5, 0.6) is 0 Å². The summed E-state index contributed by atoms with van der Waals surface area (Å²) < 4.78 is 0. The van der Waals surface area contributed by atoms with E-state index >= 15 is 0 Å². The van der Waals surface area contributed by atoms with Gasteiger partial charge in [-0.25, -0.2) is 10.2 Å². The van der Waals surface area contributed by atoms with Gasteiger partial charge in [0, 0.05) is 18.5 Å². The van der Waals surface area contributed by atoms with E-state index < -0.39 is 23.1 Å². The van der Waals surface area contributed by atoms with Gasteiger partial charge in [0.1, 0.15) is 5.92 Å². The number of nitrogens with one attached hydrogen (secondary N) is 4. The van der Waals surface area contributed by atoms with Crippen LogP contribution >= 0.6 is 0 Å². The number of aromatic nitrogens is 2. The van der Waals surface area contributed by atoms with Crippen LogP contribution in [0.2, 0.25) is 0 Å². The second-order valence-electron chi connectivity index (χ2n) is 5.52. The maximum Gasteiger partial charge on any atom is 0.326 e. The van der Waals surface area contributed by atoms with E-state index in [0.717, 1.165) is 17.8 Å². The molecule has 1 aliphatic heterocycles. The Kier molecular flexibility index (Phi) is 4.55. The number of nitrogens with zero attached hydrogens (tertiary/aromatic N) is 1. The molecule has 2 aromatic rings. The summed E-state index contributed by atoms with van der Waals surface area (Å²) in [6.45, 7) is 0.367. The highest BCUT2D eigenvalue weighted by molar-refractivity contribution is 6.03. The monoisotopic (exact) mass is 341 g/mol. The smallest absolute Gasteiger partial charge is 0.326 e. The number of H-pyrrole nitrogens is 2. The van der Waals surface area contributed by atoms with E-state index in [1.165, 1.54) is 0 Å². The Bertz CT molecular complexity index is 903. The lowest BCUT2D eigenvalue weighted by atomic mass is 9.88. The molecule has 1 fully saturated rings. The third-order valence-corrected chi connectivity index (χ3v) is 3.85. The fourth-order valence-corrected chi connectivity index (χ4v) is 2.73. The van der Waals surface area contributed by atoms with Gasteiger partial charge in [-0.1, -0.05) is 30.3 Å². The standard InChI is InChI=1S/C16H15N5O4/c22-12-6-10(19-16(25)20-12)7-18-21-15(24)13-11(8-17-14(13)23)9-4-2-1-3-5-9/h1-7,11,13H,8H2,(H,17,23)(H,21,24)(H2,19,20,22,25)/b18-7-/t11-,13+/m1/s1. The summed E-state index contributed by atoms with van der Waals surface area (Å²) >= 11 is 0. The number of benzene rings is 1. The number of aromatic amines is 2. The number of rotatable bonds is 4. The third kappa shape index (κ3) is 3.71. The molecule has 25 heavy (non-hydrogen) atoms. The Hall–Kier alpha value is -3.49. The van der Waals surface area contributed by atoms with Crippen LogP contribution in [0, 0.1) is 5.92 Å². The van der Waals surface area contributed by atoms with Crippen molar-refractivity contribution >= 4 is 18.0 Å². The summed E-state index contributed by atoms with van der Waals surface area (Å²) in [6, 6.07) is 10.4. The number of carbonyl (C=O) groups is 2. The molecule has 1 aromatic carbocycles. The van der Waals surface area contributed by atoms with E-state index in [4.69, 9.17) is 0 Å². The Morgan fingerprint density at radius 3 is 2.64 bits per heavy atom. The molecule has 0 radical (unpaired) electrons. The van der Waals surface area contributed by atoms with Crippen LogP contribution in [-0.2, 0) is 9.59 Å². The van der Waals surface area contributed by atoms with Gasteiger partial charge in [0.2, 0.25) is 5.91 Å². The molecule has 1 saturated heterocycles. The number of hydrazone groups is 1.